The second-order valence-electron chi connectivity index (χ2n) is 12.5. The number of unbranched alkanes of at least 4 members (excludes halogenated alkanes) is 2. The second-order valence-corrected chi connectivity index (χ2v) is 12.5. The van der Waals surface area contributed by atoms with E-state index in [4.69, 9.17) is 9.47 Å². The summed E-state index contributed by atoms with van der Waals surface area (Å²) < 4.78 is 12.7. The van der Waals surface area contributed by atoms with Gasteiger partial charge in [-0.2, -0.15) is 0 Å². The molecule has 3 fully saturated rings. The van der Waals surface area contributed by atoms with Crippen LogP contribution in [0.25, 0.3) is 0 Å². The number of aliphatic hydroxyl groups excluding tert-OH is 1. The van der Waals surface area contributed by atoms with E-state index >= 15 is 0 Å². The van der Waals surface area contributed by atoms with E-state index in [9.17, 15) is 19.5 Å². The largest absolute Gasteiger partial charge is 0.465 e. The molecule has 42 heavy (non-hydrogen) atoms. The second kappa shape index (κ2) is 12.7. The minimum atomic E-state index is -1.20. The van der Waals surface area contributed by atoms with Crippen molar-refractivity contribution in [1.29, 1.82) is 0 Å². The molecule has 2 amide bonds. The van der Waals surface area contributed by atoms with Crippen LogP contribution in [0.1, 0.15) is 70.4 Å². The van der Waals surface area contributed by atoms with Crippen molar-refractivity contribution in [3.63, 3.8) is 0 Å². The molecule has 2 bridgehead atoms. The summed E-state index contributed by atoms with van der Waals surface area (Å²) >= 11 is 0. The van der Waals surface area contributed by atoms with Crippen molar-refractivity contribution in [3.8, 4) is 0 Å². The van der Waals surface area contributed by atoms with Crippen LogP contribution in [-0.2, 0) is 23.9 Å². The number of para-hydroxylation sites is 1. The van der Waals surface area contributed by atoms with Crippen LogP contribution in [0.2, 0.25) is 0 Å². The third-order valence-electron chi connectivity index (χ3n) is 9.75. The fraction of sp³-hybridized carbons (Fsp3) is 0.618. The smallest absolute Gasteiger partial charge is 0.312 e. The van der Waals surface area contributed by atoms with Crippen LogP contribution >= 0.6 is 0 Å². The molecule has 4 rings (SSSR count). The number of aryl methyl sites for hydroxylation is 2. The highest BCUT2D eigenvalue weighted by atomic mass is 16.6. The van der Waals surface area contributed by atoms with Crippen LogP contribution in [0, 0.1) is 31.6 Å². The Kier molecular flexibility index (Phi) is 9.68. The number of anilines is 1. The number of carbonyl (C=O) groups is 3. The van der Waals surface area contributed by atoms with Gasteiger partial charge in [-0.3, -0.25) is 14.4 Å². The quantitative estimate of drug-likeness (QED) is 0.191. The van der Waals surface area contributed by atoms with Crippen molar-refractivity contribution in [2.45, 2.75) is 96.4 Å². The first-order valence-corrected chi connectivity index (χ1v) is 15.4. The van der Waals surface area contributed by atoms with Crippen molar-refractivity contribution >= 4 is 23.5 Å². The molecular formula is C34H48N2O6. The molecule has 3 heterocycles. The van der Waals surface area contributed by atoms with E-state index in [2.05, 4.69) is 13.2 Å². The molecule has 1 N–H and O–H groups in total. The van der Waals surface area contributed by atoms with Gasteiger partial charge in [-0.25, -0.2) is 0 Å². The number of carbonyl (C=O) groups excluding carboxylic acids is 3. The summed E-state index contributed by atoms with van der Waals surface area (Å²) in [7, 11) is 0. The topological polar surface area (TPSA) is 96.4 Å². The Morgan fingerprint density at radius 1 is 1.19 bits per heavy atom. The van der Waals surface area contributed by atoms with E-state index in [1.807, 2.05) is 58.9 Å². The first kappa shape index (κ1) is 32.0. The van der Waals surface area contributed by atoms with Gasteiger partial charge in [0.25, 0.3) is 5.91 Å². The molecular weight excluding hydrogens is 532 g/mol. The Morgan fingerprint density at radius 3 is 2.45 bits per heavy atom. The van der Waals surface area contributed by atoms with Gasteiger partial charge >= 0.3 is 5.97 Å². The summed E-state index contributed by atoms with van der Waals surface area (Å²) in [4.78, 5) is 46.5. The number of hydrogen-bond donors (Lipinski definition) is 1. The van der Waals surface area contributed by atoms with Gasteiger partial charge < -0.3 is 24.4 Å². The number of aliphatic hydroxyl groups is 1. The number of nitrogens with zero attached hydrogens (tertiary/aromatic N) is 2. The van der Waals surface area contributed by atoms with Crippen molar-refractivity contribution in [2.75, 3.05) is 24.7 Å². The zero-order valence-corrected chi connectivity index (χ0v) is 25.9. The number of benzene rings is 1. The highest BCUT2D eigenvalue weighted by Crippen LogP contribution is 2.65. The van der Waals surface area contributed by atoms with E-state index in [0.717, 1.165) is 29.7 Å². The molecule has 0 aliphatic carbocycles. The average Bonchev–Trinajstić information content (AvgIpc) is 3.56. The van der Waals surface area contributed by atoms with Gasteiger partial charge in [-0.05, 0) is 69.4 Å². The Hall–Kier alpha value is -2.97. The number of ether oxygens (including phenoxy) is 2. The molecule has 8 nitrogen and oxygen atoms in total. The minimum Gasteiger partial charge on any atom is -0.465 e. The van der Waals surface area contributed by atoms with Crippen molar-refractivity contribution in [1.82, 2.24) is 4.90 Å². The maximum Gasteiger partial charge on any atom is 0.312 e. The van der Waals surface area contributed by atoms with Crippen molar-refractivity contribution < 1.29 is 29.0 Å². The lowest BCUT2D eigenvalue weighted by Gasteiger charge is -2.41. The monoisotopic (exact) mass is 580 g/mol. The number of rotatable bonds is 14. The summed E-state index contributed by atoms with van der Waals surface area (Å²) in [6, 6.07) is 4.24. The summed E-state index contributed by atoms with van der Waals surface area (Å²) in [5.41, 5.74) is 0.550. The molecule has 6 atom stereocenters. The van der Waals surface area contributed by atoms with Crippen LogP contribution < -0.4 is 4.90 Å². The number of esters is 1. The fourth-order valence-electron chi connectivity index (χ4n) is 7.72. The Balaban J connectivity index is 1.82. The first-order chi connectivity index (χ1) is 20.0. The van der Waals surface area contributed by atoms with Gasteiger partial charge in [0, 0.05) is 12.2 Å². The lowest BCUT2D eigenvalue weighted by molar-refractivity contribution is -0.162. The van der Waals surface area contributed by atoms with Crippen molar-refractivity contribution in [3.05, 3.63) is 54.6 Å². The van der Waals surface area contributed by atoms with Crippen molar-refractivity contribution in [2.24, 2.45) is 17.8 Å². The molecule has 1 aromatic rings. The molecule has 0 aromatic heterocycles. The summed E-state index contributed by atoms with van der Waals surface area (Å²) in [5, 5.41) is 10.5. The van der Waals surface area contributed by atoms with E-state index in [1.165, 1.54) is 0 Å². The highest BCUT2D eigenvalue weighted by molar-refractivity contribution is 6.05. The summed E-state index contributed by atoms with van der Waals surface area (Å²) in [6.07, 6.45) is 7.46. The Labute approximate surface area is 250 Å². The van der Waals surface area contributed by atoms with Gasteiger partial charge in [-0.15, -0.1) is 13.2 Å². The number of hydrogen-bond acceptors (Lipinski definition) is 6. The van der Waals surface area contributed by atoms with Gasteiger partial charge in [-0.1, -0.05) is 51.1 Å². The third-order valence-corrected chi connectivity index (χ3v) is 9.75. The van der Waals surface area contributed by atoms with Crippen LogP contribution in [0.15, 0.2) is 43.5 Å². The molecule has 0 radical (unpaired) electrons. The molecule has 2 unspecified atom stereocenters. The number of fused-ring (bicyclic) bond motifs is 1. The molecule has 3 saturated heterocycles. The van der Waals surface area contributed by atoms with Gasteiger partial charge in [0.15, 0.2) is 0 Å². The van der Waals surface area contributed by atoms with Gasteiger partial charge in [0.2, 0.25) is 5.91 Å². The normalized spacial score (nSPS) is 28.6. The fourth-order valence-corrected chi connectivity index (χ4v) is 7.72. The maximum absolute atomic E-state index is 14.9. The summed E-state index contributed by atoms with van der Waals surface area (Å²) in [5.74, 6) is -2.85. The zero-order valence-electron chi connectivity index (χ0n) is 25.9. The molecule has 0 saturated carbocycles. The molecule has 8 heteroatoms. The van der Waals surface area contributed by atoms with Crippen LogP contribution in [0.3, 0.4) is 0 Å². The Morgan fingerprint density at radius 2 is 1.88 bits per heavy atom. The highest BCUT2D eigenvalue weighted by Gasteiger charge is 2.79. The average molecular weight is 581 g/mol. The predicted octanol–water partition coefficient (Wildman–Crippen LogP) is 4.89. The van der Waals surface area contributed by atoms with E-state index in [0.29, 0.717) is 25.7 Å². The maximum atomic E-state index is 14.9. The SMILES string of the molecule is C=CCCCCOC(=O)[C@H]1[C@H]2C(=O)N([C@@H](CO)C(C)C)C(C(=O)N(CC=C)c3c(C)cccc3C)C23CC[C@]1(CC)O3. The predicted molar refractivity (Wildman–Crippen MR) is 163 cm³/mol. The Bertz CT molecular complexity index is 1190. The van der Waals surface area contributed by atoms with Crippen LogP contribution in [0.5, 0.6) is 0 Å². The number of likely N-dealkylation sites (tertiary alicyclic amines) is 1. The molecule has 1 spiro atoms. The number of allylic oxidation sites excluding steroid dienone is 1. The minimum absolute atomic E-state index is 0.134. The van der Waals surface area contributed by atoms with E-state index in [-0.39, 0.29) is 37.5 Å². The molecule has 230 valence electrons. The lowest BCUT2D eigenvalue weighted by atomic mass is 9.65. The molecule has 1 aromatic carbocycles. The lowest BCUT2D eigenvalue weighted by Crippen LogP contribution is -2.60. The van der Waals surface area contributed by atoms with E-state index < -0.39 is 41.1 Å². The van der Waals surface area contributed by atoms with Gasteiger partial charge in [0.05, 0.1) is 30.8 Å². The van der Waals surface area contributed by atoms with Crippen LogP contribution in [0.4, 0.5) is 5.69 Å². The molecule has 3 aliphatic heterocycles. The van der Waals surface area contributed by atoms with Crippen LogP contribution in [-0.4, -0.2) is 70.8 Å². The first-order valence-electron chi connectivity index (χ1n) is 15.4. The van der Waals surface area contributed by atoms with E-state index in [1.54, 1.807) is 15.9 Å². The molecule has 3 aliphatic rings. The summed E-state index contributed by atoms with van der Waals surface area (Å²) in [6.45, 7) is 17.6. The third kappa shape index (κ3) is 5.11. The zero-order chi connectivity index (χ0) is 30.8. The number of amides is 2. The van der Waals surface area contributed by atoms with Gasteiger partial charge in [0.1, 0.15) is 17.6 Å². The standard InChI is InChI=1S/C34H48N2O6/c1-8-11-12-13-20-41-32(40)27-26-30(38)36(25(21-37)22(4)5)29(34(26)18-17-33(27,10-3)42-34)31(39)35(19-9-2)28-23(6)15-14-16-24(28)7/h8-9,14-16,22,25-27,29,37H,1-2,10-13,17-21H2,3-7H3/t25-,26-,27+,29?,33-,34?/m0/s1.